The molecule has 1 unspecified atom stereocenters. The minimum atomic E-state index is 0.138. The number of hydrogen-bond acceptors (Lipinski definition) is 4. The molecule has 1 fully saturated rings. The highest BCUT2D eigenvalue weighted by Crippen LogP contribution is 2.14. The molecule has 4 nitrogen and oxygen atoms in total. The van der Waals surface area contributed by atoms with Crippen LogP contribution >= 0.6 is 0 Å². The number of likely N-dealkylation sites (N-methyl/N-ethyl adjacent to an activating group) is 1. The first-order chi connectivity index (χ1) is 7.67. The van der Waals surface area contributed by atoms with E-state index < -0.39 is 0 Å². The van der Waals surface area contributed by atoms with Crippen LogP contribution < -0.4 is 5.73 Å². The van der Waals surface area contributed by atoms with E-state index in [1.807, 2.05) is 0 Å². The van der Waals surface area contributed by atoms with E-state index in [4.69, 9.17) is 10.5 Å². The van der Waals surface area contributed by atoms with E-state index in [0.717, 1.165) is 6.54 Å². The van der Waals surface area contributed by atoms with Gasteiger partial charge in [0.15, 0.2) is 0 Å². The molecule has 1 heterocycles. The number of likely N-dealkylation sites (tertiary alicyclic amines) is 1. The Kier molecular flexibility index (Phi) is 6.28. The van der Waals surface area contributed by atoms with Crippen molar-refractivity contribution in [1.29, 1.82) is 0 Å². The number of nitrogens with two attached hydrogens (primary N) is 1. The minimum Gasteiger partial charge on any atom is -0.383 e. The summed E-state index contributed by atoms with van der Waals surface area (Å²) in [5.74, 6) is 0. The molecule has 0 radical (unpaired) electrons. The van der Waals surface area contributed by atoms with Crippen molar-refractivity contribution in [3.05, 3.63) is 0 Å². The van der Waals surface area contributed by atoms with Gasteiger partial charge in [-0.2, -0.15) is 0 Å². The number of hydrogen-bond donors (Lipinski definition) is 1. The van der Waals surface area contributed by atoms with Gasteiger partial charge in [-0.05, 0) is 39.5 Å². The average molecular weight is 229 g/mol. The zero-order chi connectivity index (χ0) is 12.0. The molecule has 0 aromatic heterocycles. The Balaban J connectivity index is 2.24. The fraction of sp³-hybridized carbons (Fsp3) is 1.00. The highest BCUT2D eigenvalue weighted by atomic mass is 16.5. The van der Waals surface area contributed by atoms with Gasteiger partial charge in [-0.1, -0.05) is 6.92 Å². The Bertz CT molecular complexity index is 181. The van der Waals surface area contributed by atoms with Crippen LogP contribution in [0.4, 0.5) is 0 Å². The van der Waals surface area contributed by atoms with Gasteiger partial charge in [0.05, 0.1) is 6.61 Å². The lowest BCUT2D eigenvalue weighted by atomic mass is 10.0. The zero-order valence-electron chi connectivity index (χ0n) is 11.0. The van der Waals surface area contributed by atoms with Gasteiger partial charge in [0.2, 0.25) is 0 Å². The molecule has 0 spiro atoms. The molecule has 0 amide bonds. The molecule has 0 bridgehead atoms. The average Bonchev–Trinajstić information content (AvgIpc) is 2.29. The Labute approximate surface area is 99.7 Å². The summed E-state index contributed by atoms with van der Waals surface area (Å²) in [4.78, 5) is 4.91. The van der Waals surface area contributed by atoms with Gasteiger partial charge in [0, 0.05) is 25.7 Å². The minimum absolute atomic E-state index is 0.138. The SMILES string of the molecule is CCN1CCC(N(C)CC(N)COC)CC1. The number of nitrogens with zero attached hydrogens (tertiary/aromatic N) is 2. The van der Waals surface area contributed by atoms with Gasteiger partial charge in [-0.15, -0.1) is 0 Å². The third-order valence-corrected chi connectivity index (χ3v) is 3.53. The first kappa shape index (κ1) is 13.9. The van der Waals surface area contributed by atoms with Gasteiger partial charge in [0.25, 0.3) is 0 Å². The number of rotatable bonds is 6. The first-order valence-corrected chi connectivity index (χ1v) is 6.34. The Morgan fingerprint density at radius 3 is 2.56 bits per heavy atom. The highest BCUT2D eigenvalue weighted by Gasteiger charge is 2.22. The molecular weight excluding hydrogens is 202 g/mol. The molecule has 2 N–H and O–H groups in total. The molecule has 16 heavy (non-hydrogen) atoms. The molecule has 0 aromatic carbocycles. The second kappa shape index (κ2) is 7.22. The predicted octanol–water partition coefficient (Wildman–Crippen LogP) is 0.376. The van der Waals surface area contributed by atoms with Crippen molar-refractivity contribution < 1.29 is 4.74 Å². The third-order valence-electron chi connectivity index (χ3n) is 3.53. The summed E-state index contributed by atoms with van der Waals surface area (Å²) in [5, 5.41) is 0. The Morgan fingerprint density at radius 1 is 1.44 bits per heavy atom. The van der Waals surface area contributed by atoms with Crippen LogP contribution in [0, 0.1) is 0 Å². The topological polar surface area (TPSA) is 41.7 Å². The van der Waals surface area contributed by atoms with E-state index in [9.17, 15) is 0 Å². The van der Waals surface area contributed by atoms with Gasteiger partial charge in [-0.3, -0.25) is 0 Å². The van der Waals surface area contributed by atoms with Crippen molar-refractivity contribution in [2.24, 2.45) is 5.73 Å². The fourth-order valence-electron chi connectivity index (χ4n) is 2.46. The molecule has 0 saturated carbocycles. The normalized spacial score (nSPS) is 21.6. The van der Waals surface area contributed by atoms with Crippen molar-refractivity contribution in [2.45, 2.75) is 31.8 Å². The molecule has 96 valence electrons. The number of piperidine rings is 1. The van der Waals surface area contributed by atoms with E-state index in [1.165, 1.54) is 32.5 Å². The van der Waals surface area contributed by atoms with Crippen molar-refractivity contribution >= 4 is 0 Å². The van der Waals surface area contributed by atoms with Crippen LogP contribution in [0.2, 0.25) is 0 Å². The number of ether oxygens (including phenoxy) is 1. The maximum atomic E-state index is 5.97. The van der Waals surface area contributed by atoms with Crippen LogP contribution in [-0.2, 0) is 4.74 Å². The van der Waals surface area contributed by atoms with Crippen molar-refractivity contribution in [3.63, 3.8) is 0 Å². The smallest absolute Gasteiger partial charge is 0.0626 e. The monoisotopic (exact) mass is 229 g/mol. The summed E-state index contributed by atoms with van der Waals surface area (Å²) < 4.78 is 5.07. The molecular formula is C12H27N3O. The van der Waals surface area contributed by atoms with E-state index >= 15 is 0 Å². The largest absolute Gasteiger partial charge is 0.383 e. The summed E-state index contributed by atoms with van der Waals surface area (Å²) >= 11 is 0. The van der Waals surface area contributed by atoms with E-state index in [-0.39, 0.29) is 6.04 Å². The summed E-state index contributed by atoms with van der Waals surface area (Å²) in [6.45, 7) is 7.46. The Hall–Kier alpha value is -0.160. The van der Waals surface area contributed by atoms with E-state index in [0.29, 0.717) is 12.6 Å². The van der Waals surface area contributed by atoms with Crippen LogP contribution in [0.1, 0.15) is 19.8 Å². The van der Waals surface area contributed by atoms with E-state index in [1.54, 1.807) is 7.11 Å². The van der Waals surface area contributed by atoms with Gasteiger partial charge < -0.3 is 20.3 Å². The molecule has 4 heteroatoms. The maximum Gasteiger partial charge on any atom is 0.0626 e. The third kappa shape index (κ3) is 4.37. The van der Waals surface area contributed by atoms with Crippen LogP contribution in [0.3, 0.4) is 0 Å². The van der Waals surface area contributed by atoms with Crippen molar-refractivity contribution in [2.75, 3.05) is 46.9 Å². The second-order valence-electron chi connectivity index (χ2n) is 4.82. The molecule has 1 aliphatic heterocycles. The van der Waals surface area contributed by atoms with Gasteiger partial charge >= 0.3 is 0 Å². The summed E-state index contributed by atoms with van der Waals surface area (Å²) in [6.07, 6.45) is 2.54. The second-order valence-corrected chi connectivity index (χ2v) is 4.82. The first-order valence-electron chi connectivity index (χ1n) is 6.34. The summed E-state index contributed by atoms with van der Waals surface area (Å²) in [6, 6.07) is 0.838. The van der Waals surface area contributed by atoms with Crippen LogP contribution in [0.25, 0.3) is 0 Å². The maximum absolute atomic E-state index is 5.97. The molecule has 1 saturated heterocycles. The fourth-order valence-corrected chi connectivity index (χ4v) is 2.46. The van der Waals surface area contributed by atoms with Crippen LogP contribution in [0.15, 0.2) is 0 Å². The quantitative estimate of drug-likeness (QED) is 0.715. The van der Waals surface area contributed by atoms with Crippen LogP contribution in [0.5, 0.6) is 0 Å². The van der Waals surface area contributed by atoms with Crippen molar-refractivity contribution in [1.82, 2.24) is 9.80 Å². The van der Waals surface area contributed by atoms with Gasteiger partial charge in [0.1, 0.15) is 0 Å². The summed E-state index contributed by atoms with van der Waals surface area (Å²) in [7, 11) is 3.89. The lowest BCUT2D eigenvalue weighted by Crippen LogP contribution is -2.47. The lowest BCUT2D eigenvalue weighted by Gasteiger charge is -2.37. The molecule has 1 rings (SSSR count). The molecule has 1 aliphatic rings. The summed E-state index contributed by atoms with van der Waals surface area (Å²) in [5.41, 5.74) is 5.97. The zero-order valence-corrected chi connectivity index (χ0v) is 11.0. The van der Waals surface area contributed by atoms with E-state index in [2.05, 4.69) is 23.8 Å². The lowest BCUT2D eigenvalue weighted by molar-refractivity contribution is 0.108. The number of methoxy groups -OCH3 is 1. The predicted molar refractivity (Wildman–Crippen MR) is 67.6 cm³/mol. The molecule has 0 aromatic rings. The van der Waals surface area contributed by atoms with Crippen molar-refractivity contribution in [3.8, 4) is 0 Å². The Morgan fingerprint density at radius 2 is 2.06 bits per heavy atom. The molecule has 0 aliphatic carbocycles. The van der Waals surface area contributed by atoms with Gasteiger partial charge in [-0.25, -0.2) is 0 Å². The standard InChI is InChI=1S/C12H27N3O/c1-4-15-7-5-12(6-8-15)14(2)9-11(13)10-16-3/h11-12H,4-10,13H2,1-3H3. The highest BCUT2D eigenvalue weighted by molar-refractivity contribution is 4.79. The van der Waals surface area contributed by atoms with Crippen LogP contribution in [-0.4, -0.2) is 68.8 Å². The molecule has 1 atom stereocenters.